The van der Waals surface area contributed by atoms with Crippen LogP contribution in [-0.2, 0) is 0 Å². The van der Waals surface area contributed by atoms with Crippen molar-refractivity contribution in [1.29, 1.82) is 0 Å². The van der Waals surface area contributed by atoms with E-state index in [1.54, 1.807) is 24.3 Å². The SMILES string of the molecule is O=Cc1ccc(Cl)c(C(=O)c2ccc(Cl)cc2)c1Cl. The summed E-state index contributed by atoms with van der Waals surface area (Å²) in [6.45, 7) is 0. The Morgan fingerprint density at radius 3 is 2.16 bits per heavy atom. The lowest BCUT2D eigenvalue weighted by Gasteiger charge is -2.08. The molecule has 2 aromatic rings. The molecule has 0 N–H and O–H groups in total. The third kappa shape index (κ3) is 2.81. The molecule has 0 unspecified atom stereocenters. The lowest BCUT2D eigenvalue weighted by molar-refractivity contribution is 0.103. The van der Waals surface area contributed by atoms with Crippen molar-refractivity contribution in [3.05, 3.63) is 68.2 Å². The van der Waals surface area contributed by atoms with E-state index < -0.39 is 0 Å². The van der Waals surface area contributed by atoms with E-state index in [-0.39, 0.29) is 27.0 Å². The van der Waals surface area contributed by atoms with Crippen LogP contribution in [0.2, 0.25) is 15.1 Å². The molecule has 0 aromatic heterocycles. The quantitative estimate of drug-likeness (QED) is 0.608. The fourth-order valence-electron chi connectivity index (χ4n) is 1.61. The third-order valence-corrected chi connectivity index (χ3v) is 3.56. The zero-order chi connectivity index (χ0) is 14.0. The minimum Gasteiger partial charge on any atom is -0.298 e. The molecule has 0 heterocycles. The lowest BCUT2D eigenvalue weighted by Crippen LogP contribution is -2.04. The van der Waals surface area contributed by atoms with Crippen molar-refractivity contribution in [2.24, 2.45) is 0 Å². The Morgan fingerprint density at radius 1 is 0.947 bits per heavy atom. The highest BCUT2D eigenvalue weighted by Crippen LogP contribution is 2.29. The molecule has 0 spiro atoms. The molecule has 96 valence electrons. The van der Waals surface area contributed by atoms with E-state index in [1.807, 2.05) is 0 Å². The third-order valence-electron chi connectivity index (χ3n) is 2.58. The first-order chi connectivity index (χ1) is 9.04. The number of rotatable bonds is 3. The first-order valence-electron chi connectivity index (χ1n) is 5.28. The molecule has 0 aliphatic heterocycles. The van der Waals surface area contributed by atoms with E-state index in [1.165, 1.54) is 12.1 Å². The maximum absolute atomic E-state index is 12.3. The summed E-state index contributed by atoms with van der Waals surface area (Å²) in [4.78, 5) is 23.2. The molecule has 0 bridgehead atoms. The van der Waals surface area contributed by atoms with Crippen molar-refractivity contribution in [3.8, 4) is 0 Å². The topological polar surface area (TPSA) is 34.1 Å². The van der Waals surface area contributed by atoms with Gasteiger partial charge in [-0.1, -0.05) is 34.8 Å². The highest BCUT2D eigenvalue weighted by atomic mass is 35.5. The minimum atomic E-state index is -0.352. The van der Waals surface area contributed by atoms with Gasteiger partial charge in [0.25, 0.3) is 0 Å². The molecular formula is C14H7Cl3O2. The van der Waals surface area contributed by atoms with Crippen molar-refractivity contribution in [2.45, 2.75) is 0 Å². The van der Waals surface area contributed by atoms with Crippen molar-refractivity contribution < 1.29 is 9.59 Å². The highest BCUT2D eigenvalue weighted by Gasteiger charge is 2.19. The molecule has 2 aromatic carbocycles. The van der Waals surface area contributed by atoms with Gasteiger partial charge in [0.2, 0.25) is 0 Å². The Hall–Kier alpha value is -1.35. The van der Waals surface area contributed by atoms with Crippen LogP contribution in [0.5, 0.6) is 0 Å². The van der Waals surface area contributed by atoms with Gasteiger partial charge in [-0.05, 0) is 36.4 Å². The zero-order valence-corrected chi connectivity index (χ0v) is 11.8. The van der Waals surface area contributed by atoms with Crippen molar-refractivity contribution in [2.75, 3.05) is 0 Å². The summed E-state index contributed by atoms with van der Waals surface area (Å²) in [5.41, 5.74) is 0.745. The number of ketones is 1. The zero-order valence-electron chi connectivity index (χ0n) is 9.49. The number of hydrogen-bond donors (Lipinski definition) is 0. The van der Waals surface area contributed by atoms with Crippen LogP contribution < -0.4 is 0 Å². The molecule has 0 amide bonds. The second-order valence-electron chi connectivity index (χ2n) is 3.78. The van der Waals surface area contributed by atoms with Crippen molar-refractivity contribution in [3.63, 3.8) is 0 Å². The average Bonchev–Trinajstić information content (AvgIpc) is 2.39. The molecule has 0 saturated heterocycles. The van der Waals surface area contributed by atoms with E-state index in [4.69, 9.17) is 34.8 Å². The van der Waals surface area contributed by atoms with Crippen molar-refractivity contribution >= 4 is 46.9 Å². The molecule has 0 radical (unpaired) electrons. The Balaban J connectivity index is 2.55. The maximum Gasteiger partial charge on any atom is 0.196 e. The molecule has 2 nitrogen and oxygen atoms in total. The van der Waals surface area contributed by atoms with Gasteiger partial charge in [-0.15, -0.1) is 0 Å². The summed E-state index contributed by atoms with van der Waals surface area (Å²) < 4.78 is 0. The van der Waals surface area contributed by atoms with Crippen molar-refractivity contribution in [1.82, 2.24) is 0 Å². The maximum atomic E-state index is 12.3. The summed E-state index contributed by atoms with van der Waals surface area (Å²) in [6.07, 6.45) is 0.581. The van der Waals surface area contributed by atoms with Gasteiger partial charge in [-0.25, -0.2) is 0 Å². The number of carbonyl (C=O) groups is 2. The van der Waals surface area contributed by atoms with Gasteiger partial charge >= 0.3 is 0 Å². The smallest absolute Gasteiger partial charge is 0.196 e. The number of benzene rings is 2. The van der Waals surface area contributed by atoms with Crippen LogP contribution in [0.3, 0.4) is 0 Å². The van der Waals surface area contributed by atoms with Crippen LogP contribution in [0.25, 0.3) is 0 Å². The van der Waals surface area contributed by atoms with Gasteiger partial charge in [-0.3, -0.25) is 9.59 Å². The monoisotopic (exact) mass is 312 g/mol. The van der Waals surface area contributed by atoms with Crippen LogP contribution in [0.1, 0.15) is 26.3 Å². The van der Waals surface area contributed by atoms with Crippen LogP contribution in [0, 0.1) is 0 Å². The number of carbonyl (C=O) groups excluding carboxylic acids is 2. The normalized spacial score (nSPS) is 10.3. The summed E-state index contributed by atoms with van der Waals surface area (Å²) in [5, 5.41) is 0.786. The molecule has 2 rings (SSSR count). The second-order valence-corrected chi connectivity index (χ2v) is 5.00. The first-order valence-corrected chi connectivity index (χ1v) is 6.41. The predicted molar refractivity (Wildman–Crippen MR) is 76.7 cm³/mol. The molecule has 0 fully saturated rings. The van der Waals surface area contributed by atoms with Gasteiger partial charge in [0, 0.05) is 16.1 Å². The van der Waals surface area contributed by atoms with Crippen LogP contribution >= 0.6 is 34.8 Å². The van der Waals surface area contributed by atoms with Gasteiger partial charge in [-0.2, -0.15) is 0 Å². The Morgan fingerprint density at radius 2 is 1.58 bits per heavy atom. The summed E-state index contributed by atoms with van der Waals surface area (Å²) in [5.74, 6) is -0.352. The summed E-state index contributed by atoms with van der Waals surface area (Å²) in [7, 11) is 0. The van der Waals surface area contributed by atoms with E-state index in [9.17, 15) is 9.59 Å². The van der Waals surface area contributed by atoms with Gasteiger partial charge in [0.05, 0.1) is 15.6 Å². The number of hydrogen-bond acceptors (Lipinski definition) is 2. The highest BCUT2D eigenvalue weighted by molar-refractivity contribution is 6.42. The number of halogens is 3. The molecule has 0 atom stereocenters. The van der Waals surface area contributed by atoms with Gasteiger partial charge in [0.1, 0.15) is 0 Å². The molecule has 5 heteroatoms. The molecule has 0 aliphatic carbocycles. The fraction of sp³-hybridized carbons (Fsp3) is 0. The van der Waals surface area contributed by atoms with Crippen LogP contribution in [-0.4, -0.2) is 12.1 Å². The minimum absolute atomic E-state index is 0.0578. The van der Waals surface area contributed by atoms with Gasteiger partial charge < -0.3 is 0 Å². The van der Waals surface area contributed by atoms with E-state index >= 15 is 0 Å². The van der Waals surface area contributed by atoms with Crippen LogP contribution in [0.4, 0.5) is 0 Å². The summed E-state index contributed by atoms with van der Waals surface area (Å²) >= 11 is 17.8. The molecular weight excluding hydrogens is 307 g/mol. The first kappa shape index (κ1) is 14.1. The lowest BCUT2D eigenvalue weighted by atomic mass is 10.0. The van der Waals surface area contributed by atoms with Crippen LogP contribution in [0.15, 0.2) is 36.4 Å². The predicted octanol–water partition coefficient (Wildman–Crippen LogP) is 4.69. The largest absolute Gasteiger partial charge is 0.298 e. The van der Waals surface area contributed by atoms with E-state index in [0.717, 1.165) is 0 Å². The average molecular weight is 314 g/mol. The second kappa shape index (κ2) is 5.74. The standard InChI is InChI=1S/C14H7Cl3O2/c15-10-4-1-8(2-5-10)14(19)12-11(16)6-3-9(7-18)13(12)17/h1-7H. The molecule has 19 heavy (non-hydrogen) atoms. The Bertz CT molecular complexity index is 648. The Kier molecular flexibility index (Phi) is 4.25. The van der Waals surface area contributed by atoms with E-state index in [0.29, 0.717) is 16.9 Å². The molecule has 0 saturated carbocycles. The Labute approximate surface area is 124 Å². The van der Waals surface area contributed by atoms with E-state index in [2.05, 4.69) is 0 Å². The number of aldehydes is 1. The van der Waals surface area contributed by atoms with Gasteiger partial charge in [0.15, 0.2) is 12.1 Å². The fourth-order valence-corrected chi connectivity index (χ4v) is 2.33. The molecule has 0 aliphatic rings. The summed E-state index contributed by atoms with van der Waals surface area (Å²) in [6, 6.07) is 9.28.